The van der Waals surface area contributed by atoms with Gasteiger partial charge in [-0.05, 0) is 38.8 Å². The first-order valence-corrected chi connectivity index (χ1v) is 12.4. The van der Waals surface area contributed by atoms with Crippen LogP contribution in [0.15, 0.2) is 0 Å². The minimum Gasteiger partial charge on any atom is -0.467 e. The number of amides is 2. The molecular formula is C18H30N4O6S2. The van der Waals surface area contributed by atoms with Crippen LogP contribution in [-0.2, 0) is 28.7 Å². The highest BCUT2D eigenvalue weighted by Crippen LogP contribution is 2.24. The van der Waals surface area contributed by atoms with Crippen molar-refractivity contribution in [1.29, 1.82) is 0 Å². The van der Waals surface area contributed by atoms with E-state index in [0.29, 0.717) is 0 Å². The predicted octanol–water partition coefficient (Wildman–Crippen LogP) is -0.813. The number of hydrogen-bond acceptors (Lipinski definition) is 10. The number of carbonyl (C=O) groups is 4. The van der Waals surface area contributed by atoms with Crippen molar-refractivity contribution < 1.29 is 28.7 Å². The van der Waals surface area contributed by atoms with Crippen LogP contribution in [0.3, 0.4) is 0 Å². The summed E-state index contributed by atoms with van der Waals surface area (Å²) in [4.78, 5) is 48.6. The summed E-state index contributed by atoms with van der Waals surface area (Å²) < 4.78 is 9.57. The van der Waals surface area contributed by atoms with E-state index in [9.17, 15) is 19.2 Å². The van der Waals surface area contributed by atoms with Gasteiger partial charge in [0.2, 0.25) is 11.8 Å². The summed E-state index contributed by atoms with van der Waals surface area (Å²) in [5.41, 5.74) is 0. The largest absolute Gasteiger partial charge is 0.467 e. The number of carbonyl (C=O) groups excluding carboxylic acids is 4. The molecule has 2 heterocycles. The van der Waals surface area contributed by atoms with E-state index < -0.39 is 24.0 Å². The summed E-state index contributed by atoms with van der Waals surface area (Å²) in [5.74, 6) is -0.974. The van der Waals surface area contributed by atoms with Crippen molar-refractivity contribution in [1.82, 2.24) is 21.3 Å². The standard InChI is InChI=1S/C18H30N4O6S2/c1-27-17(25)13(21-15(23)11-5-3-7-19-11)9-29-30-10-14(18(26)28-2)22-16(24)12-6-4-8-20-12/h11-14,19-20H,3-10H2,1-2H3,(H,21,23)(H,22,24)/t11-,12-,13-,14-/m0/s1. The molecule has 0 aromatic heterocycles. The zero-order valence-corrected chi connectivity index (χ0v) is 18.9. The summed E-state index contributed by atoms with van der Waals surface area (Å²) >= 11 is 0. The second-order valence-electron chi connectivity index (χ2n) is 7.04. The summed E-state index contributed by atoms with van der Waals surface area (Å²) in [6, 6.07) is -2.18. The molecule has 2 saturated heterocycles. The summed E-state index contributed by atoms with van der Waals surface area (Å²) in [6.07, 6.45) is 3.31. The molecule has 0 aliphatic carbocycles. The number of esters is 2. The number of ether oxygens (including phenoxy) is 2. The molecule has 30 heavy (non-hydrogen) atoms. The van der Waals surface area contributed by atoms with Gasteiger partial charge in [-0.1, -0.05) is 21.6 Å². The molecule has 10 nitrogen and oxygen atoms in total. The topological polar surface area (TPSA) is 135 Å². The maximum Gasteiger partial charge on any atom is 0.329 e. The second-order valence-corrected chi connectivity index (χ2v) is 9.59. The van der Waals surface area contributed by atoms with E-state index in [-0.39, 0.29) is 35.4 Å². The highest BCUT2D eigenvalue weighted by Gasteiger charge is 2.30. The van der Waals surface area contributed by atoms with Gasteiger partial charge in [0.05, 0.1) is 26.3 Å². The van der Waals surface area contributed by atoms with Crippen molar-refractivity contribution in [3.63, 3.8) is 0 Å². The Bertz CT molecular complexity index is 559. The molecule has 2 fully saturated rings. The molecule has 2 aliphatic rings. The number of rotatable bonds is 11. The first-order chi connectivity index (χ1) is 14.5. The van der Waals surface area contributed by atoms with Gasteiger partial charge in [-0.15, -0.1) is 0 Å². The highest BCUT2D eigenvalue weighted by atomic mass is 33.1. The molecule has 0 radical (unpaired) electrons. The molecule has 4 atom stereocenters. The second kappa shape index (κ2) is 13.0. The Hall–Kier alpha value is -1.50. The first kappa shape index (κ1) is 24.8. The van der Waals surface area contributed by atoms with E-state index in [4.69, 9.17) is 9.47 Å². The van der Waals surface area contributed by atoms with Crippen LogP contribution in [0.4, 0.5) is 0 Å². The number of hydrogen-bond donors (Lipinski definition) is 4. The van der Waals surface area contributed by atoms with Crippen molar-refractivity contribution in [3.05, 3.63) is 0 Å². The van der Waals surface area contributed by atoms with Gasteiger partial charge in [-0.3, -0.25) is 9.59 Å². The molecule has 0 saturated carbocycles. The Morgan fingerprint density at radius 1 is 0.833 bits per heavy atom. The van der Waals surface area contributed by atoms with Gasteiger partial charge in [0.25, 0.3) is 0 Å². The smallest absolute Gasteiger partial charge is 0.329 e. The third-order valence-electron chi connectivity index (χ3n) is 4.91. The van der Waals surface area contributed by atoms with E-state index in [1.807, 2.05) is 0 Å². The third kappa shape index (κ3) is 7.64. The molecule has 4 N–H and O–H groups in total. The lowest BCUT2D eigenvalue weighted by molar-refractivity contribution is -0.144. The Morgan fingerprint density at radius 2 is 1.23 bits per heavy atom. The fourth-order valence-electron chi connectivity index (χ4n) is 3.22. The van der Waals surface area contributed by atoms with Crippen LogP contribution in [0.1, 0.15) is 25.7 Å². The van der Waals surface area contributed by atoms with Crippen molar-refractivity contribution in [2.24, 2.45) is 0 Å². The Morgan fingerprint density at radius 3 is 1.53 bits per heavy atom. The molecule has 0 bridgehead atoms. The lowest BCUT2D eigenvalue weighted by Crippen LogP contribution is -2.50. The molecule has 2 amide bonds. The minimum absolute atomic E-state index is 0.225. The molecule has 170 valence electrons. The van der Waals surface area contributed by atoms with Crippen LogP contribution in [0.2, 0.25) is 0 Å². The van der Waals surface area contributed by atoms with Crippen LogP contribution in [0, 0.1) is 0 Å². The number of methoxy groups -OCH3 is 2. The maximum atomic E-state index is 12.3. The molecule has 0 unspecified atom stereocenters. The van der Waals surface area contributed by atoms with Gasteiger partial charge in [0.15, 0.2) is 0 Å². The molecule has 0 aromatic rings. The first-order valence-electron chi connectivity index (χ1n) is 9.93. The molecule has 0 spiro atoms. The third-order valence-corrected chi connectivity index (χ3v) is 7.33. The van der Waals surface area contributed by atoms with Crippen LogP contribution >= 0.6 is 21.6 Å². The zero-order chi connectivity index (χ0) is 21.9. The lowest BCUT2D eigenvalue weighted by Gasteiger charge is -2.20. The highest BCUT2D eigenvalue weighted by molar-refractivity contribution is 8.76. The van der Waals surface area contributed by atoms with E-state index in [2.05, 4.69) is 21.3 Å². The van der Waals surface area contributed by atoms with Gasteiger partial charge >= 0.3 is 11.9 Å². The SMILES string of the molecule is COC(=O)[C@H](CSSC[C@H](NC(=O)[C@@H]1CCCN1)C(=O)OC)NC(=O)[C@@H]1CCCN1. The number of nitrogens with one attached hydrogen (secondary N) is 4. The summed E-state index contributed by atoms with van der Waals surface area (Å²) in [6.45, 7) is 1.56. The van der Waals surface area contributed by atoms with Gasteiger partial charge in [-0.2, -0.15) is 0 Å². The van der Waals surface area contributed by atoms with Crippen LogP contribution in [0.5, 0.6) is 0 Å². The van der Waals surface area contributed by atoms with Crippen molar-refractivity contribution >= 4 is 45.3 Å². The zero-order valence-electron chi connectivity index (χ0n) is 17.2. The monoisotopic (exact) mass is 462 g/mol. The minimum atomic E-state index is -0.795. The van der Waals surface area contributed by atoms with Crippen LogP contribution in [0.25, 0.3) is 0 Å². The van der Waals surface area contributed by atoms with E-state index >= 15 is 0 Å². The average Bonchev–Trinajstić information content (AvgIpc) is 3.47. The maximum absolute atomic E-state index is 12.3. The Balaban J connectivity index is 1.80. The molecule has 12 heteroatoms. The molecule has 2 rings (SSSR count). The van der Waals surface area contributed by atoms with Crippen molar-refractivity contribution in [3.8, 4) is 0 Å². The average molecular weight is 463 g/mol. The van der Waals surface area contributed by atoms with E-state index in [1.165, 1.54) is 35.8 Å². The van der Waals surface area contributed by atoms with Gasteiger partial charge < -0.3 is 30.7 Å². The predicted molar refractivity (Wildman–Crippen MR) is 115 cm³/mol. The molecule has 0 aromatic carbocycles. The quantitative estimate of drug-likeness (QED) is 0.175. The fraction of sp³-hybridized carbons (Fsp3) is 0.778. The van der Waals surface area contributed by atoms with Crippen molar-refractivity contribution in [2.45, 2.75) is 49.9 Å². The summed E-state index contributed by atoms with van der Waals surface area (Å²) in [5, 5.41) is 11.6. The van der Waals surface area contributed by atoms with E-state index in [1.54, 1.807) is 0 Å². The Kier molecular flexibility index (Phi) is 10.8. The van der Waals surface area contributed by atoms with Gasteiger partial charge in [0.1, 0.15) is 12.1 Å². The lowest BCUT2D eigenvalue weighted by atomic mass is 10.2. The fourth-order valence-corrected chi connectivity index (χ4v) is 5.51. The van der Waals surface area contributed by atoms with E-state index in [0.717, 1.165) is 38.8 Å². The van der Waals surface area contributed by atoms with Gasteiger partial charge in [-0.25, -0.2) is 9.59 Å². The van der Waals surface area contributed by atoms with Crippen LogP contribution in [-0.4, -0.2) is 86.7 Å². The van der Waals surface area contributed by atoms with Crippen molar-refractivity contribution in [2.75, 3.05) is 38.8 Å². The molecular weight excluding hydrogens is 432 g/mol. The Labute approximate surface area is 184 Å². The summed E-state index contributed by atoms with van der Waals surface area (Å²) in [7, 11) is 5.16. The van der Waals surface area contributed by atoms with Crippen LogP contribution < -0.4 is 21.3 Å². The molecule has 2 aliphatic heterocycles. The normalized spacial score (nSPS) is 22.7. The van der Waals surface area contributed by atoms with Gasteiger partial charge in [0, 0.05) is 11.5 Å².